The van der Waals surface area contributed by atoms with Gasteiger partial charge in [-0.15, -0.1) is 0 Å². The molecule has 2 aliphatic rings. The van der Waals surface area contributed by atoms with E-state index in [1.807, 2.05) is 0 Å². The van der Waals surface area contributed by atoms with Crippen LogP contribution in [0.25, 0.3) is 0 Å². The van der Waals surface area contributed by atoms with Crippen LogP contribution in [0.15, 0.2) is 0 Å². The maximum atomic E-state index is 10.6. The maximum Gasteiger partial charge on any atom is 0.332 e. The predicted molar refractivity (Wildman–Crippen MR) is 51.0 cm³/mol. The van der Waals surface area contributed by atoms with Gasteiger partial charge in [-0.05, 0) is 44.7 Å². The van der Waals surface area contributed by atoms with Crippen LogP contribution in [0.1, 0.15) is 25.7 Å². The van der Waals surface area contributed by atoms with Crippen LogP contribution in [0.3, 0.4) is 0 Å². The van der Waals surface area contributed by atoms with Crippen molar-refractivity contribution in [3.63, 3.8) is 0 Å². The zero-order valence-electron chi connectivity index (χ0n) is 8.22. The maximum absolute atomic E-state index is 10.6. The van der Waals surface area contributed by atoms with Gasteiger partial charge in [0.2, 0.25) is 0 Å². The number of hydrogen-bond donors (Lipinski definition) is 2. The van der Waals surface area contributed by atoms with Crippen molar-refractivity contribution in [3.05, 3.63) is 0 Å². The van der Waals surface area contributed by atoms with Gasteiger partial charge in [0.15, 0.2) is 6.10 Å². The van der Waals surface area contributed by atoms with Gasteiger partial charge in [-0.3, -0.25) is 0 Å². The van der Waals surface area contributed by atoms with Gasteiger partial charge < -0.3 is 15.1 Å². The number of aliphatic hydroxyl groups excluding tert-OH is 1. The third-order valence-electron chi connectivity index (χ3n) is 3.34. The number of rotatable bonds is 3. The Bertz CT molecular complexity index is 219. The fourth-order valence-electron chi connectivity index (χ4n) is 2.24. The van der Waals surface area contributed by atoms with Crippen molar-refractivity contribution in [2.24, 2.45) is 5.92 Å². The van der Waals surface area contributed by atoms with Gasteiger partial charge in [0.05, 0.1) is 0 Å². The van der Waals surface area contributed by atoms with E-state index in [1.165, 1.54) is 12.8 Å². The van der Waals surface area contributed by atoms with Gasteiger partial charge in [0.1, 0.15) is 0 Å². The molecule has 1 saturated carbocycles. The molecule has 1 aliphatic carbocycles. The number of carbonyl (C=O) groups is 1. The zero-order chi connectivity index (χ0) is 10.1. The molecular formula is C10H17NO3. The molecule has 0 radical (unpaired) electrons. The number of hydrogen-bond acceptors (Lipinski definition) is 3. The quantitative estimate of drug-likeness (QED) is 0.686. The number of aliphatic hydroxyl groups is 1. The summed E-state index contributed by atoms with van der Waals surface area (Å²) in [5.41, 5.74) is 0. The van der Waals surface area contributed by atoms with Crippen molar-refractivity contribution in [1.82, 2.24) is 4.90 Å². The van der Waals surface area contributed by atoms with E-state index in [0.29, 0.717) is 0 Å². The molecule has 80 valence electrons. The number of piperidine rings is 1. The summed E-state index contributed by atoms with van der Waals surface area (Å²) in [6.45, 7) is 1.92. The van der Waals surface area contributed by atoms with Crippen molar-refractivity contribution in [1.29, 1.82) is 0 Å². The van der Waals surface area contributed by atoms with Crippen LogP contribution >= 0.6 is 0 Å². The normalized spacial score (nSPS) is 27.5. The predicted octanol–water partition coefficient (Wildman–Crippen LogP) is 0.306. The minimum Gasteiger partial charge on any atom is -0.479 e. The lowest BCUT2D eigenvalue weighted by atomic mass is 9.91. The highest BCUT2D eigenvalue weighted by Gasteiger charge is 2.35. The monoisotopic (exact) mass is 199 g/mol. The fraction of sp³-hybridized carbons (Fsp3) is 0.900. The van der Waals surface area contributed by atoms with Crippen LogP contribution in [-0.2, 0) is 4.79 Å². The summed E-state index contributed by atoms with van der Waals surface area (Å²) in [7, 11) is 0. The molecule has 1 atom stereocenters. The molecule has 1 heterocycles. The average Bonchev–Trinajstić information content (AvgIpc) is 3.00. The highest BCUT2D eigenvalue weighted by molar-refractivity contribution is 5.72. The number of nitrogens with zero attached hydrogens (tertiary/aromatic N) is 1. The summed E-state index contributed by atoms with van der Waals surface area (Å²) in [5.74, 6) is -1.11. The molecule has 1 saturated heterocycles. The second kappa shape index (κ2) is 3.87. The molecule has 0 aromatic heterocycles. The summed E-state index contributed by atoms with van der Waals surface area (Å²) in [4.78, 5) is 13.0. The van der Waals surface area contributed by atoms with E-state index < -0.39 is 12.1 Å². The van der Waals surface area contributed by atoms with Gasteiger partial charge >= 0.3 is 5.97 Å². The van der Waals surface area contributed by atoms with E-state index >= 15 is 0 Å². The van der Waals surface area contributed by atoms with Crippen molar-refractivity contribution in [3.8, 4) is 0 Å². The summed E-state index contributed by atoms with van der Waals surface area (Å²) in [5, 5.41) is 18.0. The molecule has 2 fully saturated rings. The number of carboxylic acids is 1. The Morgan fingerprint density at radius 3 is 2.21 bits per heavy atom. The highest BCUT2D eigenvalue weighted by Crippen LogP contribution is 2.31. The molecule has 1 unspecified atom stereocenters. The Labute approximate surface area is 83.5 Å². The Balaban J connectivity index is 1.79. The smallest absolute Gasteiger partial charge is 0.332 e. The van der Waals surface area contributed by atoms with Gasteiger partial charge in [0, 0.05) is 6.04 Å². The first kappa shape index (κ1) is 9.93. The van der Waals surface area contributed by atoms with Crippen LogP contribution in [0.4, 0.5) is 0 Å². The van der Waals surface area contributed by atoms with E-state index in [2.05, 4.69) is 4.90 Å². The van der Waals surface area contributed by atoms with Crippen LogP contribution in [0.2, 0.25) is 0 Å². The van der Waals surface area contributed by atoms with Crippen molar-refractivity contribution in [2.75, 3.05) is 13.1 Å². The molecule has 0 amide bonds. The lowest BCUT2D eigenvalue weighted by Gasteiger charge is -2.32. The van der Waals surface area contributed by atoms with E-state index in [1.54, 1.807) is 0 Å². The summed E-state index contributed by atoms with van der Waals surface area (Å²) in [6.07, 6.45) is 3.09. The first-order valence-corrected chi connectivity index (χ1v) is 5.33. The third-order valence-corrected chi connectivity index (χ3v) is 3.34. The van der Waals surface area contributed by atoms with Crippen molar-refractivity contribution in [2.45, 2.75) is 37.8 Å². The van der Waals surface area contributed by atoms with Crippen LogP contribution in [0, 0.1) is 5.92 Å². The van der Waals surface area contributed by atoms with E-state index in [4.69, 9.17) is 5.11 Å². The number of carboxylic acid groups (broad SMARTS) is 1. The largest absolute Gasteiger partial charge is 0.479 e. The highest BCUT2D eigenvalue weighted by atomic mass is 16.4. The standard InChI is InChI=1S/C10H17NO3/c12-9(10(13)14)7-3-5-11(6-4-7)8-1-2-8/h7-9,12H,1-6H2,(H,13,14). The summed E-state index contributed by atoms with van der Waals surface area (Å²) < 4.78 is 0. The average molecular weight is 199 g/mol. The Morgan fingerprint density at radius 2 is 1.79 bits per heavy atom. The molecule has 0 spiro atoms. The summed E-state index contributed by atoms with van der Waals surface area (Å²) >= 11 is 0. The second-order valence-electron chi connectivity index (χ2n) is 4.39. The molecule has 4 nitrogen and oxygen atoms in total. The van der Waals surface area contributed by atoms with E-state index in [-0.39, 0.29) is 5.92 Å². The fourth-order valence-corrected chi connectivity index (χ4v) is 2.24. The molecular weight excluding hydrogens is 182 g/mol. The van der Waals surface area contributed by atoms with Crippen LogP contribution < -0.4 is 0 Å². The van der Waals surface area contributed by atoms with Gasteiger partial charge in [-0.25, -0.2) is 4.79 Å². The minimum atomic E-state index is -1.16. The first-order chi connectivity index (χ1) is 6.68. The molecule has 2 N–H and O–H groups in total. The molecule has 0 bridgehead atoms. The number of aliphatic carboxylic acids is 1. The van der Waals surface area contributed by atoms with E-state index in [9.17, 15) is 9.90 Å². The Morgan fingerprint density at radius 1 is 1.21 bits per heavy atom. The van der Waals surface area contributed by atoms with Gasteiger partial charge in [-0.1, -0.05) is 0 Å². The molecule has 14 heavy (non-hydrogen) atoms. The van der Waals surface area contributed by atoms with Gasteiger partial charge in [-0.2, -0.15) is 0 Å². The topological polar surface area (TPSA) is 60.8 Å². The first-order valence-electron chi connectivity index (χ1n) is 5.33. The SMILES string of the molecule is O=C(O)C(O)C1CCN(C2CC2)CC1. The Kier molecular flexibility index (Phi) is 2.74. The van der Waals surface area contributed by atoms with Crippen molar-refractivity contribution >= 4 is 5.97 Å². The Hall–Kier alpha value is -0.610. The lowest BCUT2D eigenvalue weighted by Crippen LogP contribution is -2.41. The molecule has 4 heteroatoms. The lowest BCUT2D eigenvalue weighted by molar-refractivity contribution is -0.150. The molecule has 2 rings (SSSR count). The molecule has 0 aromatic rings. The van der Waals surface area contributed by atoms with Gasteiger partial charge in [0.25, 0.3) is 0 Å². The van der Waals surface area contributed by atoms with Crippen LogP contribution in [-0.4, -0.2) is 46.3 Å². The minimum absolute atomic E-state index is 0.0394. The molecule has 1 aliphatic heterocycles. The van der Waals surface area contributed by atoms with Crippen LogP contribution in [0.5, 0.6) is 0 Å². The summed E-state index contributed by atoms with van der Waals surface area (Å²) in [6, 6.07) is 0.762. The number of likely N-dealkylation sites (tertiary alicyclic amines) is 1. The second-order valence-corrected chi connectivity index (χ2v) is 4.39. The van der Waals surface area contributed by atoms with E-state index in [0.717, 1.165) is 32.0 Å². The molecule has 0 aromatic carbocycles. The van der Waals surface area contributed by atoms with Crippen molar-refractivity contribution < 1.29 is 15.0 Å². The zero-order valence-corrected chi connectivity index (χ0v) is 8.22. The third kappa shape index (κ3) is 2.07.